The number of carbonyl (C=O) groups excluding carboxylic acids is 1. The maximum Gasteiger partial charge on any atom is 0.216 e. The van der Waals surface area contributed by atoms with Gasteiger partial charge in [-0.25, -0.2) is 9.37 Å². The molecule has 0 saturated heterocycles. The predicted octanol–water partition coefficient (Wildman–Crippen LogP) is 4.86. The molecule has 0 aliphatic rings. The molecular formula is C23H26FN3O. The highest BCUT2D eigenvalue weighted by Crippen LogP contribution is 2.28. The number of hydrogen-bond donors (Lipinski definition) is 2. The van der Waals surface area contributed by atoms with Gasteiger partial charge in [0.2, 0.25) is 5.91 Å². The van der Waals surface area contributed by atoms with Crippen molar-refractivity contribution in [1.82, 2.24) is 15.3 Å². The van der Waals surface area contributed by atoms with E-state index in [1.165, 1.54) is 19.1 Å². The molecule has 1 heterocycles. The summed E-state index contributed by atoms with van der Waals surface area (Å²) in [6.45, 7) is 6.39. The third-order valence-electron chi connectivity index (χ3n) is 4.83. The van der Waals surface area contributed by atoms with Crippen molar-refractivity contribution in [3.05, 3.63) is 71.3 Å². The summed E-state index contributed by atoms with van der Waals surface area (Å²) in [4.78, 5) is 19.0. The van der Waals surface area contributed by atoms with Crippen molar-refractivity contribution in [1.29, 1.82) is 0 Å². The molecular weight excluding hydrogens is 353 g/mol. The van der Waals surface area contributed by atoms with Crippen LogP contribution in [0, 0.1) is 11.7 Å². The van der Waals surface area contributed by atoms with Gasteiger partial charge in [0, 0.05) is 19.9 Å². The molecule has 5 heteroatoms. The number of carbonyl (C=O) groups is 1. The van der Waals surface area contributed by atoms with Gasteiger partial charge in [0.15, 0.2) is 0 Å². The normalized spacial score (nSPS) is 12.9. The Balaban J connectivity index is 1.94. The average Bonchev–Trinajstić information content (AvgIpc) is 3.08. The molecule has 28 heavy (non-hydrogen) atoms. The van der Waals surface area contributed by atoms with Crippen molar-refractivity contribution in [3.63, 3.8) is 0 Å². The van der Waals surface area contributed by atoms with Gasteiger partial charge < -0.3 is 10.3 Å². The third-order valence-corrected chi connectivity index (χ3v) is 4.83. The SMILES string of the molecule is CCC(C)C=C(c1ccc(F)cc1)c1ccc2nc(CCNC(C)=O)[nH]c2c1. The molecule has 0 radical (unpaired) electrons. The van der Waals surface area contributed by atoms with Crippen LogP contribution < -0.4 is 5.32 Å². The van der Waals surface area contributed by atoms with Crippen LogP contribution >= 0.6 is 0 Å². The monoisotopic (exact) mass is 379 g/mol. The van der Waals surface area contributed by atoms with Gasteiger partial charge >= 0.3 is 0 Å². The summed E-state index contributed by atoms with van der Waals surface area (Å²) in [5.41, 5.74) is 4.99. The minimum absolute atomic E-state index is 0.0440. The van der Waals surface area contributed by atoms with Crippen molar-refractivity contribution >= 4 is 22.5 Å². The molecule has 0 aliphatic carbocycles. The number of allylic oxidation sites excluding steroid dienone is 1. The molecule has 4 nitrogen and oxygen atoms in total. The Labute approximate surface area is 164 Å². The highest BCUT2D eigenvalue weighted by molar-refractivity contribution is 5.86. The minimum Gasteiger partial charge on any atom is -0.356 e. The fraction of sp³-hybridized carbons (Fsp3) is 0.304. The van der Waals surface area contributed by atoms with E-state index in [1.807, 2.05) is 18.2 Å². The number of hydrogen-bond acceptors (Lipinski definition) is 2. The summed E-state index contributed by atoms with van der Waals surface area (Å²) in [7, 11) is 0. The van der Waals surface area contributed by atoms with E-state index in [2.05, 4.69) is 47.3 Å². The van der Waals surface area contributed by atoms with Crippen LogP contribution in [0.5, 0.6) is 0 Å². The lowest BCUT2D eigenvalue weighted by molar-refractivity contribution is -0.118. The first kappa shape index (κ1) is 19.8. The Morgan fingerprint density at radius 3 is 2.61 bits per heavy atom. The van der Waals surface area contributed by atoms with Crippen molar-refractivity contribution < 1.29 is 9.18 Å². The third kappa shape index (κ3) is 4.85. The molecule has 3 rings (SSSR count). The second kappa shape index (κ2) is 8.83. The van der Waals surface area contributed by atoms with Crippen molar-refractivity contribution in [2.24, 2.45) is 5.92 Å². The first-order valence-electron chi connectivity index (χ1n) is 9.67. The zero-order chi connectivity index (χ0) is 20.1. The highest BCUT2D eigenvalue weighted by atomic mass is 19.1. The van der Waals surface area contributed by atoms with Gasteiger partial charge in [-0.15, -0.1) is 0 Å². The van der Waals surface area contributed by atoms with E-state index >= 15 is 0 Å². The standard InChI is InChI=1S/C23H26FN3O/c1-4-15(2)13-20(17-5-8-19(24)9-6-17)18-7-10-21-22(14-18)27-23(26-21)11-12-25-16(3)28/h5-10,13-15H,4,11-12H2,1-3H3,(H,25,28)(H,26,27). The van der Waals surface area contributed by atoms with E-state index in [4.69, 9.17) is 0 Å². The molecule has 0 fully saturated rings. The molecule has 1 atom stereocenters. The molecule has 1 amide bonds. The number of nitrogens with zero attached hydrogens (tertiary/aromatic N) is 1. The van der Waals surface area contributed by atoms with E-state index in [-0.39, 0.29) is 11.7 Å². The fourth-order valence-corrected chi connectivity index (χ4v) is 3.10. The number of aromatic nitrogens is 2. The Bertz CT molecular complexity index is 989. The lowest BCUT2D eigenvalue weighted by atomic mass is 9.93. The highest BCUT2D eigenvalue weighted by Gasteiger charge is 2.10. The summed E-state index contributed by atoms with van der Waals surface area (Å²) in [5, 5.41) is 2.78. The van der Waals surface area contributed by atoms with E-state index in [0.29, 0.717) is 18.9 Å². The van der Waals surface area contributed by atoms with Gasteiger partial charge in [0.1, 0.15) is 11.6 Å². The number of benzene rings is 2. The molecule has 0 aliphatic heterocycles. The van der Waals surface area contributed by atoms with Crippen LogP contribution in [0.2, 0.25) is 0 Å². The van der Waals surface area contributed by atoms with E-state index in [1.54, 1.807) is 0 Å². The molecule has 2 aromatic carbocycles. The van der Waals surface area contributed by atoms with Gasteiger partial charge in [-0.05, 0) is 46.9 Å². The molecule has 146 valence electrons. The predicted molar refractivity (Wildman–Crippen MR) is 111 cm³/mol. The number of imidazole rings is 1. The van der Waals surface area contributed by atoms with Gasteiger partial charge in [-0.3, -0.25) is 4.79 Å². The number of aromatic amines is 1. The van der Waals surface area contributed by atoms with Crippen LogP contribution in [-0.2, 0) is 11.2 Å². The first-order chi connectivity index (χ1) is 13.5. The number of rotatable bonds is 7. The summed E-state index contributed by atoms with van der Waals surface area (Å²) >= 11 is 0. The Hall–Kier alpha value is -2.95. The zero-order valence-electron chi connectivity index (χ0n) is 16.6. The molecule has 0 spiro atoms. The number of fused-ring (bicyclic) bond motifs is 1. The van der Waals surface area contributed by atoms with Crippen LogP contribution in [0.25, 0.3) is 16.6 Å². The quantitative estimate of drug-likeness (QED) is 0.616. The van der Waals surface area contributed by atoms with E-state index in [0.717, 1.165) is 40.0 Å². The summed E-state index contributed by atoms with van der Waals surface area (Å²) in [6.07, 6.45) is 3.92. The van der Waals surface area contributed by atoms with Crippen LogP contribution in [-0.4, -0.2) is 22.4 Å². The van der Waals surface area contributed by atoms with Gasteiger partial charge in [-0.2, -0.15) is 0 Å². The van der Waals surface area contributed by atoms with E-state index in [9.17, 15) is 9.18 Å². The smallest absolute Gasteiger partial charge is 0.216 e. The number of amides is 1. The van der Waals surface area contributed by atoms with Gasteiger partial charge in [0.25, 0.3) is 0 Å². The van der Waals surface area contributed by atoms with Crippen LogP contribution in [0.4, 0.5) is 4.39 Å². The van der Waals surface area contributed by atoms with E-state index < -0.39 is 0 Å². The maximum absolute atomic E-state index is 13.4. The number of H-pyrrole nitrogens is 1. The first-order valence-corrected chi connectivity index (χ1v) is 9.67. The van der Waals surface area contributed by atoms with Gasteiger partial charge in [0.05, 0.1) is 11.0 Å². The summed E-state index contributed by atoms with van der Waals surface area (Å²) in [5.74, 6) is 0.970. The topological polar surface area (TPSA) is 57.8 Å². The number of halogens is 1. The van der Waals surface area contributed by atoms with Crippen LogP contribution in [0.1, 0.15) is 44.1 Å². The van der Waals surface area contributed by atoms with Crippen LogP contribution in [0.3, 0.4) is 0 Å². The molecule has 0 saturated carbocycles. The second-order valence-corrected chi connectivity index (χ2v) is 7.12. The molecule has 1 unspecified atom stereocenters. The lowest BCUT2D eigenvalue weighted by Crippen LogP contribution is -2.22. The number of nitrogens with one attached hydrogen (secondary N) is 2. The Morgan fingerprint density at radius 2 is 1.93 bits per heavy atom. The van der Waals surface area contributed by atoms with Crippen molar-refractivity contribution in [2.75, 3.05) is 6.54 Å². The molecule has 1 aromatic heterocycles. The lowest BCUT2D eigenvalue weighted by Gasteiger charge is -2.12. The Morgan fingerprint density at radius 1 is 1.21 bits per heavy atom. The fourth-order valence-electron chi connectivity index (χ4n) is 3.10. The zero-order valence-corrected chi connectivity index (χ0v) is 16.6. The second-order valence-electron chi connectivity index (χ2n) is 7.12. The van der Waals surface area contributed by atoms with Gasteiger partial charge in [-0.1, -0.05) is 44.5 Å². The molecule has 2 N–H and O–H groups in total. The largest absolute Gasteiger partial charge is 0.356 e. The minimum atomic E-state index is -0.237. The van der Waals surface area contributed by atoms with Crippen molar-refractivity contribution in [2.45, 2.75) is 33.6 Å². The molecule has 0 bridgehead atoms. The maximum atomic E-state index is 13.4. The summed E-state index contributed by atoms with van der Waals surface area (Å²) in [6, 6.07) is 12.8. The van der Waals surface area contributed by atoms with Crippen molar-refractivity contribution in [3.8, 4) is 0 Å². The molecule has 3 aromatic rings. The average molecular weight is 379 g/mol. The Kier molecular flexibility index (Phi) is 6.24. The summed E-state index contributed by atoms with van der Waals surface area (Å²) < 4.78 is 13.4. The van der Waals surface area contributed by atoms with Crippen LogP contribution in [0.15, 0.2) is 48.5 Å².